The average Bonchev–Trinajstić information content (AvgIpc) is 3.05. The highest BCUT2D eigenvalue weighted by Gasteiger charge is 2.48. The van der Waals surface area contributed by atoms with Crippen LogP contribution in [-0.4, -0.2) is 55.1 Å². The number of hydrogen-bond acceptors (Lipinski definition) is 6. The van der Waals surface area contributed by atoms with E-state index in [1.54, 1.807) is 32.0 Å². The van der Waals surface area contributed by atoms with Crippen molar-refractivity contribution in [2.75, 3.05) is 19.7 Å². The van der Waals surface area contributed by atoms with Gasteiger partial charge >= 0.3 is 5.97 Å². The molecule has 3 fully saturated rings. The fourth-order valence-electron chi connectivity index (χ4n) is 5.32. The lowest BCUT2D eigenvalue weighted by Gasteiger charge is -2.30. The van der Waals surface area contributed by atoms with Crippen molar-refractivity contribution in [1.82, 2.24) is 9.21 Å². The van der Waals surface area contributed by atoms with Crippen LogP contribution in [0.4, 0.5) is 0 Å². The SMILES string of the molecule is CCOC(=O)C1CCN(S(=O)(=O)c2cc(CN3C(=O)C4CCCCC4C3=O)ccc2C)CC1. The molecule has 4 rings (SSSR count). The maximum atomic E-state index is 13.4. The lowest BCUT2D eigenvalue weighted by molar-refractivity contribution is -0.149. The van der Waals surface area contributed by atoms with E-state index in [-0.39, 0.29) is 60.1 Å². The molecule has 33 heavy (non-hydrogen) atoms. The molecular formula is C24H32N2O6S. The van der Waals surface area contributed by atoms with Crippen molar-refractivity contribution < 1.29 is 27.5 Å². The molecule has 2 saturated heterocycles. The number of carbonyl (C=O) groups is 3. The number of imide groups is 1. The minimum absolute atomic E-state index is 0.0956. The molecule has 0 radical (unpaired) electrons. The smallest absolute Gasteiger partial charge is 0.309 e. The molecular weight excluding hydrogens is 444 g/mol. The first-order valence-electron chi connectivity index (χ1n) is 11.9. The number of likely N-dealkylation sites (tertiary alicyclic amines) is 1. The molecule has 2 atom stereocenters. The molecule has 2 amide bonds. The summed E-state index contributed by atoms with van der Waals surface area (Å²) in [5.74, 6) is -1.25. The summed E-state index contributed by atoms with van der Waals surface area (Å²) >= 11 is 0. The lowest BCUT2D eigenvalue weighted by Crippen LogP contribution is -2.40. The number of nitrogens with zero attached hydrogens (tertiary/aromatic N) is 2. The van der Waals surface area contributed by atoms with E-state index in [0.717, 1.165) is 25.7 Å². The molecule has 3 aliphatic rings. The van der Waals surface area contributed by atoms with E-state index in [4.69, 9.17) is 4.74 Å². The average molecular weight is 477 g/mol. The first-order valence-corrected chi connectivity index (χ1v) is 13.3. The van der Waals surface area contributed by atoms with E-state index >= 15 is 0 Å². The van der Waals surface area contributed by atoms with Crippen molar-refractivity contribution >= 4 is 27.8 Å². The van der Waals surface area contributed by atoms with Gasteiger partial charge in [0.25, 0.3) is 0 Å². The van der Waals surface area contributed by atoms with Gasteiger partial charge in [0.05, 0.1) is 35.8 Å². The molecule has 9 heteroatoms. The second-order valence-electron chi connectivity index (χ2n) is 9.29. The Kier molecular flexibility index (Phi) is 6.91. The van der Waals surface area contributed by atoms with Crippen LogP contribution in [0.15, 0.2) is 23.1 Å². The van der Waals surface area contributed by atoms with Gasteiger partial charge in [-0.1, -0.05) is 25.0 Å². The third kappa shape index (κ3) is 4.57. The molecule has 8 nitrogen and oxygen atoms in total. The Hall–Kier alpha value is -2.26. The third-order valence-corrected chi connectivity index (χ3v) is 9.26. The summed E-state index contributed by atoms with van der Waals surface area (Å²) in [6, 6.07) is 5.10. The van der Waals surface area contributed by atoms with Gasteiger partial charge in [0.15, 0.2) is 0 Å². The number of carbonyl (C=O) groups excluding carboxylic acids is 3. The van der Waals surface area contributed by atoms with E-state index in [0.29, 0.717) is 30.6 Å². The summed E-state index contributed by atoms with van der Waals surface area (Å²) in [4.78, 5) is 39.1. The summed E-state index contributed by atoms with van der Waals surface area (Å²) in [5.41, 5.74) is 1.24. The molecule has 1 aromatic carbocycles. The molecule has 1 aliphatic carbocycles. The standard InChI is InChI=1S/C24H32N2O6S/c1-3-32-24(29)18-10-12-25(13-11-18)33(30,31)21-14-17(9-8-16(21)2)15-26-22(27)19-6-4-5-7-20(19)23(26)28/h8-9,14,18-20H,3-7,10-13,15H2,1-2H3. The third-order valence-electron chi connectivity index (χ3n) is 7.22. The van der Waals surface area contributed by atoms with E-state index in [2.05, 4.69) is 0 Å². The van der Waals surface area contributed by atoms with Crippen LogP contribution in [0.25, 0.3) is 0 Å². The maximum Gasteiger partial charge on any atom is 0.309 e. The Bertz CT molecular complexity index is 1020. The van der Waals surface area contributed by atoms with Gasteiger partial charge in [-0.3, -0.25) is 19.3 Å². The molecule has 2 aliphatic heterocycles. The Balaban J connectivity index is 1.50. The van der Waals surface area contributed by atoms with Crippen molar-refractivity contribution in [2.45, 2.75) is 63.8 Å². The van der Waals surface area contributed by atoms with Crippen LogP contribution in [-0.2, 0) is 35.7 Å². The van der Waals surface area contributed by atoms with Gasteiger partial charge in [-0.15, -0.1) is 0 Å². The van der Waals surface area contributed by atoms with Crippen molar-refractivity contribution in [1.29, 1.82) is 0 Å². The van der Waals surface area contributed by atoms with Gasteiger partial charge in [-0.05, 0) is 56.7 Å². The predicted molar refractivity (Wildman–Crippen MR) is 120 cm³/mol. The normalized spacial score (nSPS) is 24.7. The van der Waals surface area contributed by atoms with Crippen LogP contribution in [0.5, 0.6) is 0 Å². The zero-order valence-corrected chi connectivity index (χ0v) is 20.1. The zero-order chi connectivity index (χ0) is 23.8. The van der Waals surface area contributed by atoms with Crippen LogP contribution in [0.3, 0.4) is 0 Å². The predicted octanol–water partition coefficient (Wildman–Crippen LogP) is 2.63. The quantitative estimate of drug-likeness (QED) is 0.462. The summed E-state index contributed by atoms with van der Waals surface area (Å²) in [6.07, 6.45) is 4.29. The van der Waals surface area contributed by atoms with Crippen molar-refractivity contribution in [3.63, 3.8) is 0 Å². The number of benzene rings is 1. The molecule has 1 aromatic rings. The fourth-order valence-corrected chi connectivity index (χ4v) is 7.07. The van der Waals surface area contributed by atoms with E-state index < -0.39 is 10.0 Å². The molecule has 0 spiro atoms. The Morgan fingerprint density at radius 2 is 1.64 bits per heavy atom. The Morgan fingerprint density at radius 1 is 1.03 bits per heavy atom. The highest BCUT2D eigenvalue weighted by atomic mass is 32.2. The number of fused-ring (bicyclic) bond motifs is 1. The van der Waals surface area contributed by atoms with Crippen LogP contribution in [0.1, 0.15) is 56.6 Å². The second-order valence-corrected chi connectivity index (χ2v) is 11.2. The molecule has 0 N–H and O–H groups in total. The lowest BCUT2D eigenvalue weighted by atomic mass is 9.81. The number of esters is 1. The van der Waals surface area contributed by atoms with Crippen LogP contribution < -0.4 is 0 Å². The highest BCUT2D eigenvalue weighted by molar-refractivity contribution is 7.89. The minimum Gasteiger partial charge on any atom is -0.466 e. The summed E-state index contributed by atoms with van der Waals surface area (Å²) in [7, 11) is -3.77. The molecule has 2 unspecified atom stereocenters. The maximum absolute atomic E-state index is 13.4. The molecule has 0 bridgehead atoms. The van der Waals surface area contributed by atoms with Gasteiger partial charge in [0.1, 0.15) is 0 Å². The molecule has 1 saturated carbocycles. The number of sulfonamides is 1. The monoisotopic (exact) mass is 476 g/mol. The summed E-state index contributed by atoms with van der Waals surface area (Å²) in [5, 5.41) is 0. The Labute approximate surface area is 195 Å². The molecule has 2 heterocycles. The van der Waals surface area contributed by atoms with E-state index in [1.807, 2.05) is 0 Å². The fraction of sp³-hybridized carbons (Fsp3) is 0.625. The first kappa shape index (κ1) is 23.9. The second kappa shape index (κ2) is 9.54. The van der Waals surface area contributed by atoms with Gasteiger partial charge in [0.2, 0.25) is 21.8 Å². The van der Waals surface area contributed by atoms with Gasteiger partial charge in [0, 0.05) is 13.1 Å². The van der Waals surface area contributed by atoms with Gasteiger partial charge in [-0.25, -0.2) is 8.42 Å². The summed E-state index contributed by atoms with van der Waals surface area (Å²) in [6.45, 7) is 4.41. The largest absolute Gasteiger partial charge is 0.466 e. The van der Waals surface area contributed by atoms with Crippen LogP contribution in [0.2, 0.25) is 0 Å². The topological polar surface area (TPSA) is 101 Å². The van der Waals surface area contributed by atoms with Crippen LogP contribution in [0, 0.1) is 24.7 Å². The molecule has 0 aromatic heterocycles. The minimum atomic E-state index is -3.77. The first-order chi connectivity index (χ1) is 15.7. The number of aryl methyl sites for hydroxylation is 1. The Morgan fingerprint density at radius 3 is 2.21 bits per heavy atom. The van der Waals surface area contributed by atoms with E-state index in [1.165, 1.54) is 9.21 Å². The number of ether oxygens (including phenoxy) is 1. The van der Waals surface area contributed by atoms with E-state index in [9.17, 15) is 22.8 Å². The highest BCUT2D eigenvalue weighted by Crippen LogP contribution is 2.39. The zero-order valence-electron chi connectivity index (χ0n) is 19.3. The number of hydrogen-bond donors (Lipinski definition) is 0. The number of amides is 2. The van der Waals surface area contributed by atoms with Crippen molar-refractivity contribution in [2.24, 2.45) is 17.8 Å². The van der Waals surface area contributed by atoms with Crippen molar-refractivity contribution in [3.8, 4) is 0 Å². The van der Waals surface area contributed by atoms with Crippen LogP contribution >= 0.6 is 0 Å². The number of piperidine rings is 1. The van der Waals surface area contributed by atoms with Gasteiger partial charge in [-0.2, -0.15) is 4.31 Å². The molecule has 180 valence electrons. The van der Waals surface area contributed by atoms with Gasteiger partial charge < -0.3 is 4.74 Å². The van der Waals surface area contributed by atoms with Crippen molar-refractivity contribution in [3.05, 3.63) is 29.3 Å². The summed E-state index contributed by atoms with van der Waals surface area (Å²) < 4.78 is 33.3. The number of rotatable bonds is 6.